The third-order valence-electron chi connectivity index (χ3n) is 4.79. The zero-order valence-corrected chi connectivity index (χ0v) is 14.9. The molecule has 1 saturated heterocycles. The number of nitrogens with zero attached hydrogens (tertiary/aromatic N) is 1. The van der Waals surface area contributed by atoms with E-state index in [9.17, 15) is 4.79 Å². The van der Waals surface area contributed by atoms with Gasteiger partial charge in [-0.15, -0.1) is 0 Å². The van der Waals surface area contributed by atoms with Crippen LogP contribution in [0, 0.1) is 0 Å². The lowest BCUT2D eigenvalue weighted by molar-refractivity contribution is -0.118. The van der Waals surface area contributed by atoms with Crippen molar-refractivity contribution in [2.24, 2.45) is 0 Å². The Hall–Kier alpha value is -1.95. The van der Waals surface area contributed by atoms with Crippen LogP contribution in [-0.2, 0) is 9.47 Å². The second-order valence-electron chi connectivity index (χ2n) is 6.54. The molecule has 134 valence electrons. The summed E-state index contributed by atoms with van der Waals surface area (Å²) >= 11 is 0. The first-order chi connectivity index (χ1) is 12.2. The Morgan fingerprint density at radius 1 is 1.20 bits per heavy atom. The standard InChI is InChI=1S/C20H26N2O3/c1-24-19(25-2)14-22-11-5-8-18(13-22)21-20(23)17-10-9-15-6-3-4-7-16(15)12-17/h3-4,6-7,9-10,12,18-19H,5,8,11,13-14H2,1-2H3,(H,21,23)/t18-/m1/s1. The number of piperidine rings is 1. The number of nitrogens with one attached hydrogen (secondary N) is 1. The van der Waals surface area contributed by atoms with Crippen molar-refractivity contribution in [3.8, 4) is 0 Å². The van der Waals surface area contributed by atoms with E-state index in [4.69, 9.17) is 9.47 Å². The Morgan fingerprint density at radius 3 is 2.72 bits per heavy atom. The van der Waals surface area contributed by atoms with E-state index in [1.54, 1.807) is 14.2 Å². The van der Waals surface area contributed by atoms with Crippen LogP contribution >= 0.6 is 0 Å². The van der Waals surface area contributed by atoms with E-state index in [0.29, 0.717) is 5.56 Å². The van der Waals surface area contributed by atoms with Crippen LogP contribution in [0.4, 0.5) is 0 Å². The monoisotopic (exact) mass is 342 g/mol. The lowest BCUT2D eigenvalue weighted by Gasteiger charge is -2.34. The number of rotatable bonds is 6. The largest absolute Gasteiger partial charge is 0.355 e. The van der Waals surface area contributed by atoms with E-state index in [1.165, 1.54) is 0 Å². The molecule has 0 bridgehead atoms. The smallest absolute Gasteiger partial charge is 0.251 e. The highest BCUT2D eigenvalue weighted by Crippen LogP contribution is 2.17. The van der Waals surface area contributed by atoms with Crippen molar-refractivity contribution in [2.45, 2.75) is 25.2 Å². The van der Waals surface area contributed by atoms with Crippen LogP contribution in [-0.4, -0.2) is 57.0 Å². The molecule has 1 atom stereocenters. The third kappa shape index (κ3) is 4.57. The first-order valence-electron chi connectivity index (χ1n) is 8.77. The van der Waals surface area contributed by atoms with Gasteiger partial charge in [0.25, 0.3) is 5.91 Å². The quantitative estimate of drug-likeness (QED) is 0.820. The van der Waals surface area contributed by atoms with E-state index in [0.717, 1.165) is 43.2 Å². The lowest BCUT2D eigenvalue weighted by atomic mass is 10.0. The van der Waals surface area contributed by atoms with Crippen LogP contribution in [0.5, 0.6) is 0 Å². The fourth-order valence-corrected chi connectivity index (χ4v) is 3.39. The number of hydrogen-bond acceptors (Lipinski definition) is 4. The minimum absolute atomic E-state index is 0.00682. The van der Waals surface area contributed by atoms with E-state index >= 15 is 0 Å². The molecule has 25 heavy (non-hydrogen) atoms. The summed E-state index contributed by atoms with van der Waals surface area (Å²) in [4.78, 5) is 14.9. The lowest BCUT2D eigenvalue weighted by Crippen LogP contribution is -2.49. The van der Waals surface area contributed by atoms with Gasteiger partial charge in [0.05, 0.1) is 0 Å². The Kier molecular flexibility index (Phi) is 6.02. The average Bonchev–Trinajstić information content (AvgIpc) is 2.66. The minimum atomic E-state index is -0.227. The molecule has 5 nitrogen and oxygen atoms in total. The van der Waals surface area contributed by atoms with Crippen LogP contribution in [0.25, 0.3) is 10.8 Å². The van der Waals surface area contributed by atoms with Crippen LogP contribution in [0.2, 0.25) is 0 Å². The van der Waals surface area contributed by atoms with E-state index < -0.39 is 0 Å². The first kappa shape index (κ1) is 17.9. The molecule has 1 aliphatic rings. The number of carbonyl (C=O) groups is 1. The Morgan fingerprint density at radius 2 is 1.96 bits per heavy atom. The third-order valence-corrected chi connectivity index (χ3v) is 4.79. The van der Waals surface area contributed by atoms with E-state index in [2.05, 4.69) is 16.3 Å². The summed E-state index contributed by atoms with van der Waals surface area (Å²) < 4.78 is 10.6. The summed E-state index contributed by atoms with van der Waals surface area (Å²) in [7, 11) is 3.30. The summed E-state index contributed by atoms with van der Waals surface area (Å²) in [5, 5.41) is 5.41. The number of hydrogen-bond donors (Lipinski definition) is 1. The second kappa shape index (κ2) is 8.43. The van der Waals surface area contributed by atoms with Crippen molar-refractivity contribution in [3.05, 3.63) is 48.0 Å². The Balaban J connectivity index is 1.61. The van der Waals surface area contributed by atoms with Gasteiger partial charge in [-0.2, -0.15) is 0 Å². The molecule has 1 N–H and O–H groups in total. The van der Waals surface area contributed by atoms with Crippen LogP contribution in [0.1, 0.15) is 23.2 Å². The van der Waals surface area contributed by atoms with Crippen LogP contribution < -0.4 is 5.32 Å². The molecule has 2 aromatic rings. The molecule has 2 aromatic carbocycles. The fraction of sp³-hybridized carbons (Fsp3) is 0.450. The highest BCUT2D eigenvalue weighted by atomic mass is 16.7. The first-order valence-corrected chi connectivity index (χ1v) is 8.77. The molecule has 0 radical (unpaired) electrons. The summed E-state index contributed by atoms with van der Waals surface area (Å²) in [6, 6.07) is 14.1. The summed E-state index contributed by atoms with van der Waals surface area (Å²) in [5.74, 6) is -0.00682. The summed E-state index contributed by atoms with van der Waals surface area (Å²) in [6.07, 6.45) is 1.83. The number of methoxy groups -OCH3 is 2. The summed E-state index contributed by atoms with van der Waals surface area (Å²) in [5.41, 5.74) is 0.711. The minimum Gasteiger partial charge on any atom is -0.355 e. The molecule has 1 amide bonds. The van der Waals surface area contributed by atoms with Crippen molar-refractivity contribution in [2.75, 3.05) is 33.9 Å². The SMILES string of the molecule is COC(CN1CCC[C@@H](NC(=O)c2ccc3ccccc3c2)C1)OC. The molecule has 0 aromatic heterocycles. The number of fused-ring (bicyclic) bond motifs is 1. The predicted octanol–water partition coefficient (Wildman–Crippen LogP) is 2.65. The normalized spacial score (nSPS) is 18.6. The maximum absolute atomic E-state index is 12.6. The molecule has 1 heterocycles. The zero-order chi connectivity index (χ0) is 17.6. The number of amides is 1. The Labute approximate surface area is 148 Å². The molecule has 5 heteroatoms. The van der Waals surface area contributed by atoms with Gasteiger partial charge in [0.2, 0.25) is 0 Å². The molecule has 0 saturated carbocycles. The van der Waals surface area contributed by atoms with Crippen LogP contribution in [0.3, 0.4) is 0 Å². The molecule has 3 rings (SSSR count). The average molecular weight is 342 g/mol. The maximum Gasteiger partial charge on any atom is 0.251 e. The topological polar surface area (TPSA) is 50.8 Å². The van der Waals surface area contributed by atoms with Gasteiger partial charge in [-0.1, -0.05) is 30.3 Å². The van der Waals surface area contributed by atoms with Crippen molar-refractivity contribution < 1.29 is 14.3 Å². The number of carbonyl (C=O) groups excluding carboxylic acids is 1. The van der Waals surface area contributed by atoms with Crippen molar-refractivity contribution in [1.82, 2.24) is 10.2 Å². The molecule has 1 fully saturated rings. The molecule has 0 unspecified atom stereocenters. The van der Waals surface area contributed by atoms with Gasteiger partial charge in [-0.25, -0.2) is 0 Å². The maximum atomic E-state index is 12.6. The molecular weight excluding hydrogens is 316 g/mol. The summed E-state index contributed by atoms with van der Waals surface area (Å²) in [6.45, 7) is 2.55. The highest BCUT2D eigenvalue weighted by molar-refractivity contribution is 5.98. The molecule has 1 aliphatic heterocycles. The number of likely N-dealkylation sites (tertiary alicyclic amines) is 1. The van der Waals surface area contributed by atoms with Crippen molar-refractivity contribution in [1.29, 1.82) is 0 Å². The number of benzene rings is 2. The van der Waals surface area contributed by atoms with Crippen molar-refractivity contribution in [3.63, 3.8) is 0 Å². The number of ether oxygens (including phenoxy) is 2. The van der Waals surface area contributed by atoms with Gasteiger partial charge in [0.15, 0.2) is 6.29 Å². The van der Waals surface area contributed by atoms with Gasteiger partial charge in [0, 0.05) is 38.9 Å². The van der Waals surface area contributed by atoms with Gasteiger partial charge >= 0.3 is 0 Å². The molecular formula is C20H26N2O3. The predicted molar refractivity (Wildman–Crippen MR) is 98.7 cm³/mol. The second-order valence-corrected chi connectivity index (χ2v) is 6.54. The highest BCUT2D eigenvalue weighted by Gasteiger charge is 2.23. The fourth-order valence-electron chi connectivity index (χ4n) is 3.39. The van der Waals surface area contributed by atoms with Crippen LogP contribution in [0.15, 0.2) is 42.5 Å². The molecule has 0 aliphatic carbocycles. The van der Waals surface area contributed by atoms with Gasteiger partial charge in [-0.3, -0.25) is 9.69 Å². The van der Waals surface area contributed by atoms with Gasteiger partial charge < -0.3 is 14.8 Å². The van der Waals surface area contributed by atoms with E-state index in [-0.39, 0.29) is 18.2 Å². The molecule has 0 spiro atoms. The Bertz CT molecular complexity index is 715. The van der Waals surface area contributed by atoms with Crippen molar-refractivity contribution >= 4 is 16.7 Å². The van der Waals surface area contributed by atoms with E-state index in [1.807, 2.05) is 36.4 Å². The van der Waals surface area contributed by atoms with Gasteiger partial charge in [-0.05, 0) is 42.3 Å². The zero-order valence-electron chi connectivity index (χ0n) is 14.9. The van der Waals surface area contributed by atoms with Gasteiger partial charge in [0.1, 0.15) is 0 Å².